The summed E-state index contributed by atoms with van der Waals surface area (Å²) in [5, 5.41) is 10.8. The van der Waals surface area contributed by atoms with Crippen LogP contribution in [0.1, 0.15) is 12.5 Å². The van der Waals surface area contributed by atoms with Crippen LogP contribution in [-0.4, -0.2) is 35.3 Å². The molecule has 3 rings (SSSR count). The number of esters is 1. The molecule has 3 amide bonds. The van der Waals surface area contributed by atoms with Crippen LogP contribution >= 0.6 is 34.8 Å². The van der Waals surface area contributed by atoms with Crippen molar-refractivity contribution >= 4 is 69.9 Å². The summed E-state index contributed by atoms with van der Waals surface area (Å²) in [6.45, 7) is 1.53. The highest BCUT2D eigenvalue weighted by molar-refractivity contribution is 6.62. The number of benzene rings is 2. The number of hydrogen-bond donors (Lipinski definition) is 1. The number of imide groups is 1. The third-order valence-electron chi connectivity index (χ3n) is 4.04. The maximum atomic E-state index is 13.0. The highest BCUT2D eigenvalue weighted by Crippen LogP contribution is 2.36. The first-order chi connectivity index (χ1) is 14.3. The number of aliphatic imine (C=N–C) groups is 1. The lowest BCUT2D eigenvalue weighted by atomic mass is 10.0. The van der Waals surface area contributed by atoms with E-state index < -0.39 is 35.0 Å². The zero-order valence-corrected chi connectivity index (χ0v) is 17.6. The van der Waals surface area contributed by atoms with Gasteiger partial charge in [-0.15, -0.1) is 0 Å². The molecule has 0 fully saturated rings. The van der Waals surface area contributed by atoms with Crippen LogP contribution in [0.5, 0.6) is 0 Å². The van der Waals surface area contributed by atoms with Gasteiger partial charge in [-0.05, 0) is 19.1 Å². The van der Waals surface area contributed by atoms with Crippen LogP contribution in [0, 0.1) is 0 Å². The van der Waals surface area contributed by atoms with E-state index in [2.05, 4.69) is 4.99 Å². The molecule has 1 N–H and O–H groups in total. The van der Waals surface area contributed by atoms with E-state index in [0.29, 0.717) is 4.90 Å². The maximum Gasteiger partial charge on any atom is 0.356 e. The lowest BCUT2D eigenvalue weighted by Gasteiger charge is -2.16. The highest BCUT2D eigenvalue weighted by atomic mass is 35.5. The average molecular weight is 468 g/mol. The summed E-state index contributed by atoms with van der Waals surface area (Å²) in [6.07, 6.45) is 0. The van der Waals surface area contributed by atoms with Crippen molar-refractivity contribution in [1.29, 1.82) is 0 Å². The molecule has 0 unspecified atom stereocenters. The van der Waals surface area contributed by atoms with E-state index in [1.807, 2.05) is 0 Å². The summed E-state index contributed by atoms with van der Waals surface area (Å²) < 4.78 is 4.96. The van der Waals surface area contributed by atoms with Crippen LogP contribution in [0.15, 0.2) is 53.0 Å². The number of nitrogens with zero attached hydrogens (tertiary/aromatic N) is 2. The number of carbonyl (C=O) groups excluding carboxylic acids is 3. The maximum absolute atomic E-state index is 13.0. The van der Waals surface area contributed by atoms with E-state index in [-0.39, 0.29) is 32.9 Å². The predicted octanol–water partition coefficient (Wildman–Crippen LogP) is 5.09. The van der Waals surface area contributed by atoms with Gasteiger partial charge in [-0.25, -0.2) is 14.5 Å². The topological polar surface area (TPSA) is 96.3 Å². The van der Waals surface area contributed by atoms with Crippen LogP contribution in [0.2, 0.25) is 15.1 Å². The molecule has 1 aliphatic rings. The van der Waals surface area contributed by atoms with Gasteiger partial charge < -0.3 is 9.84 Å². The van der Waals surface area contributed by atoms with Gasteiger partial charge in [-0.1, -0.05) is 65.1 Å². The number of carbonyl (C=O) groups is 3. The van der Waals surface area contributed by atoms with Crippen LogP contribution in [-0.2, 0) is 14.3 Å². The molecule has 1 heterocycles. The Bertz CT molecular complexity index is 1110. The largest absolute Gasteiger partial charge is 0.506 e. The van der Waals surface area contributed by atoms with Crippen molar-refractivity contribution < 1.29 is 24.2 Å². The Kier molecular flexibility index (Phi) is 6.45. The SMILES string of the molecule is CCOC(=O)C(C1=NC(=O)N(c2cc(Cl)c(Cl)cc2Cl)C1=O)=C(O)c1ccccc1. The van der Waals surface area contributed by atoms with Crippen molar-refractivity contribution in [3.8, 4) is 0 Å². The Hall–Kier alpha value is -2.87. The number of rotatable bonds is 5. The molecule has 0 bridgehead atoms. The number of urea groups is 1. The zero-order valence-electron chi connectivity index (χ0n) is 15.4. The molecule has 0 saturated carbocycles. The number of anilines is 1. The van der Waals surface area contributed by atoms with Crippen molar-refractivity contribution in [1.82, 2.24) is 0 Å². The molecule has 0 aromatic heterocycles. The fourth-order valence-corrected chi connectivity index (χ4v) is 3.32. The van der Waals surface area contributed by atoms with Gasteiger partial charge in [0, 0.05) is 5.56 Å². The number of amides is 3. The number of aliphatic hydroxyl groups excluding tert-OH is 1. The summed E-state index contributed by atoms with van der Waals surface area (Å²) in [6, 6.07) is 9.47. The smallest absolute Gasteiger partial charge is 0.356 e. The second kappa shape index (κ2) is 8.87. The molecule has 1 aliphatic heterocycles. The first kappa shape index (κ1) is 21.8. The fraction of sp³-hybridized carbons (Fsp3) is 0.100. The van der Waals surface area contributed by atoms with Crippen molar-refractivity contribution in [3.63, 3.8) is 0 Å². The van der Waals surface area contributed by atoms with Gasteiger partial charge in [0.15, 0.2) is 5.71 Å². The standard InChI is InChI=1S/C20H13Cl3N2O5/c1-2-30-19(28)15(17(26)10-6-4-3-5-7-10)16-18(27)25(20(29)24-16)14-9-12(22)11(21)8-13(14)23/h3-9,26H,2H2,1H3. The minimum Gasteiger partial charge on any atom is -0.506 e. The molecule has 154 valence electrons. The van der Waals surface area contributed by atoms with Crippen LogP contribution in [0.4, 0.5) is 10.5 Å². The Morgan fingerprint density at radius 3 is 2.33 bits per heavy atom. The third-order valence-corrected chi connectivity index (χ3v) is 5.06. The lowest BCUT2D eigenvalue weighted by molar-refractivity contribution is -0.138. The van der Waals surface area contributed by atoms with Gasteiger partial charge in [0.25, 0.3) is 5.91 Å². The van der Waals surface area contributed by atoms with E-state index in [1.54, 1.807) is 25.1 Å². The second-order valence-corrected chi connectivity index (χ2v) is 7.13. The Labute approximate surface area is 186 Å². The monoisotopic (exact) mass is 466 g/mol. The van der Waals surface area contributed by atoms with E-state index in [4.69, 9.17) is 39.5 Å². The minimum absolute atomic E-state index is 0.0256. The Balaban J connectivity index is 2.12. The molecule has 2 aromatic rings. The molecular formula is C20H13Cl3N2O5. The van der Waals surface area contributed by atoms with Crippen LogP contribution in [0.3, 0.4) is 0 Å². The van der Waals surface area contributed by atoms with Gasteiger partial charge in [-0.3, -0.25) is 4.79 Å². The quantitative estimate of drug-likeness (QED) is 0.286. The summed E-state index contributed by atoms with van der Waals surface area (Å²) in [4.78, 5) is 42.4. The molecule has 0 spiro atoms. The summed E-state index contributed by atoms with van der Waals surface area (Å²) in [5.41, 5.74) is -0.959. The van der Waals surface area contributed by atoms with Gasteiger partial charge in [0.1, 0.15) is 11.3 Å². The van der Waals surface area contributed by atoms with Crippen LogP contribution < -0.4 is 4.90 Å². The molecule has 10 heteroatoms. The highest BCUT2D eigenvalue weighted by Gasteiger charge is 2.41. The molecule has 0 radical (unpaired) electrons. The zero-order chi connectivity index (χ0) is 22.0. The number of aliphatic hydroxyl groups is 1. The van der Waals surface area contributed by atoms with E-state index in [1.165, 1.54) is 24.3 Å². The normalized spacial score (nSPS) is 14.5. The number of ether oxygens (including phenoxy) is 1. The van der Waals surface area contributed by atoms with Crippen LogP contribution in [0.25, 0.3) is 5.76 Å². The lowest BCUT2D eigenvalue weighted by Crippen LogP contribution is -2.35. The van der Waals surface area contributed by atoms with Gasteiger partial charge >= 0.3 is 12.0 Å². The van der Waals surface area contributed by atoms with Gasteiger partial charge in [-0.2, -0.15) is 4.99 Å². The van der Waals surface area contributed by atoms with Crippen molar-refractivity contribution in [3.05, 3.63) is 68.7 Å². The number of halogens is 3. The van der Waals surface area contributed by atoms with Gasteiger partial charge in [0.2, 0.25) is 0 Å². The van der Waals surface area contributed by atoms with E-state index in [9.17, 15) is 19.5 Å². The molecule has 30 heavy (non-hydrogen) atoms. The first-order valence-corrected chi connectivity index (χ1v) is 9.67. The predicted molar refractivity (Wildman–Crippen MR) is 114 cm³/mol. The minimum atomic E-state index is -1.02. The van der Waals surface area contributed by atoms with E-state index in [0.717, 1.165) is 0 Å². The average Bonchev–Trinajstić information content (AvgIpc) is 2.99. The van der Waals surface area contributed by atoms with Crippen molar-refractivity contribution in [2.45, 2.75) is 6.92 Å². The Morgan fingerprint density at radius 1 is 1.07 bits per heavy atom. The Morgan fingerprint density at radius 2 is 1.70 bits per heavy atom. The summed E-state index contributed by atoms with van der Waals surface area (Å²) in [5.74, 6) is -2.55. The first-order valence-electron chi connectivity index (χ1n) is 8.54. The summed E-state index contributed by atoms with van der Waals surface area (Å²) in [7, 11) is 0. The molecular weight excluding hydrogens is 455 g/mol. The summed E-state index contributed by atoms with van der Waals surface area (Å²) >= 11 is 18.0. The number of hydrogen-bond acceptors (Lipinski definition) is 5. The second-order valence-electron chi connectivity index (χ2n) is 5.91. The van der Waals surface area contributed by atoms with E-state index >= 15 is 0 Å². The third kappa shape index (κ3) is 4.05. The molecule has 0 aliphatic carbocycles. The van der Waals surface area contributed by atoms with Crippen molar-refractivity contribution in [2.75, 3.05) is 11.5 Å². The van der Waals surface area contributed by atoms with Crippen molar-refractivity contribution in [2.24, 2.45) is 4.99 Å². The molecule has 0 atom stereocenters. The van der Waals surface area contributed by atoms with Gasteiger partial charge in [0.05, 0.1) is 27.4 Å². The molecule has 0 saturated heterocycles. The molecule has 7 nitrogen and oxygen atoms in total. The molecule has 2 aromatic carbocycles. The fourth-order valence-electron chi connectivity index (χ4n) is 2.69.